The van der Waals surface area contributed by atoms with Gasteiger partial charge in [-0.05, 0) is 96.5 Å². The summed E-state index contributed by atoms with van der Waals surface area (Å²) in [5.74, 6) is -0.290. The molecule has 1 fully saturated rings. The molecular formula is C26H27BrN2O7S. The van der Waals surface area contributed by atoms with E-state index in [0.29, 0.717) is 56.0 Å². The second kappa shape index (κ2) is 13.3. The molecule has 37 heavy (non-hydrogen) atoms. The number of nitrogens with zero attached hydrogens (tertiary/aromatic N) is 2. The van der Waals surface area contributed by atoms with Crippen LogP contribution in [-0.4, -0.2) is 61.4 Å². The number of amidine groups is 1. The number of aliphatic imine (C=N–C) groups is 1. The Hall–Kier alpha value is -3.31. The average Bonchev–Trinajstić information content (AvgIpc) is 3.17. The van der Waals surface area contributed by atoms with Gasteiger partial charge in [0, 0.05) is 6.54 Å². The minimum atomic E-state index is -0.484. The fraction of sp³-hybridized carbons (Fsp3) is 0.308. The Morgan fingerprint density at radius 3 is 2.43 bits per heavy atom. The predicted octanol–water partition coefficient (Wildman–Crippen LogP) is 5.20. The first-order valence-electron chi connectivity index (χ1n) is 11.5. The third kappa shape index (κ3) is 7.14. The number of methoxy groups -OCH3 is 1. The van der Waals surface area contributed by atoms with E-state index in [9.17, 15) is 14.4 Å². The maximum Gasteiger partial charge on any atom is 0.344 e. The van der Waals surface area contributed by atoms with Gasteiger partial charge in [-0.15, -0.1) is 0 Å². The molecule has 0 atom stereocenters. The van der Waals surface area contributed by atoms with Gasteiger partial charge in [0.15, 0.2) is 23.3 Å². The molecule has 0 saturated carbocycles. The van der Waals surface area contributed by atoms with Crippen LogP contribution >= 0.6 is 27.7 Å². The SMILES string of the molecule is CCOC(=O)COc1c(Br)cc(C=C2SC(=Nc3ccc(C(=O)OC)cc3)N(CC)C2=O)cc1OCC. The Labute approximate surface area is 227 Å². The topological polar surface area (TPSA) is 104 Å². The number of hydrogen-bond acceptors (Lipinski definition) is 9. The number of carbonyl (C=O) groups excluding carboxylic acids is 3. The van der Waals surface area contributed by atoms with E-state index in [1.807, 2.05) is 13.8 Å². The molecule has 0 bridgehead atoms. The number of rotatable bonds is 10. The third-order valence-electron chi connectivity index (χ3n) is 4.99. The molecule has 1 amide bonds. The Morgan fingerprint density at radius 2 is 1.81 bits per heavy atom. The molecule has 0 N–H and O–H groups in total. The Kier molecular flexibility index (Phi) is 10.2. The van der Waals surface area contributed by atoms with Crippen molar-refractivity contribution in [3.63, 3.8) is 0 Å². The van der Waals surface area contributed by atoms with E-state index in [-0.39, 0.29) is 19.1 Å². The van der Waals surface area contributed by atoms with Crippen LogP contribution in [0.1, 0.15) is 36.7 Å². The van der Waals surface area contributed by atoms with Crippen molar-refractivity contribution < 1.29 is 33.3 Å². The normalized spacial score (nSPS) is 15.3. The summed E-state index contributed by atoms with van der Waals surface area (Å²) in [4.78, 5) is 43.2. The Balaban J connectivity index is 1.88. The summed E-state index contributed by atoms with van der Waals surface area (Å²) >= 11 is 4.73. The van der Waals surface area contributed by atoms with Crippen molar-refractivity contribution in [1.82, 2.24) is 4.90 Å². The largest absolute Gasteiger partial charge is 0.490 e. The summed E-state index contributed by atoms with van der Waals surface area (Å²) in [5, 5.41) is 0.531. The molecular weight excluding hydrogens is 564 g/mol. The molecule has 11 heteroatoms. The number of esters is 2. The second-order valence-corrected chi connectivity index (χ2v) is 9.31. The lowest BCUT2D eigenvalue weighted by atomic mass is 10.2. The minimum absolute atomic E-state index is 0.172. The molecule has 1 heterocycles. The first-order chi connectivity index (χ1) is 17.8. The van der Waals surface area contributed by atoms with Crippen molar-refractivity contribution >= 4 is 62.5 Å². The lowest BCUT2D eigenvalue weighted by Crippen LogP contribution is -2.28. The maximum absolute atomic E-state index is 13.1. The molecule has 0 aromatic heterocycles. The number of thioether (sulfide) groups is 1. The van der Waals surface area contributed by atoms with Gasteiger partial charge in [0.2, 0.25) is 0 Å². The lowest BCUT2D eigenvalue weighted by molar-refractivity contribution is -0.145. The maximum atomic E-state index is 13.1. The quantitative estimate of drug-likeness (QED) is 0.275. The molecule has 0 unspecified atom stereocenters. The molecule has 3 rings (SSSR count). The van der Waals surface area contributed by atoms with E-state index < -0.39 is 11.9 Å². The van der Waals surface area contributed by atoms with Crippen LogP contribution in [0.15, 0.2) is 50.8 Å². The highest BCUT2D eigenvalue weighted by atomic mass is 79.9. The van der Waals surface area contributed by atoms with Gasteiger partial charge in [-0.3, -0.25) is 9.69 Å². The van der Waals surface area contributed by atoms with E-state index in [0.717, 1.165) is 0 Å². The number of amides is 1. The van der Waals surface area contributed by atoms with Gasteiger partial charge in [0.1, 0.15) is 0 Å². The van der Waals surface area contributed by atoms with Crippen LogP contribution in [0.3, 0.4) is 0 Å². The Morgan fingerprint density at radius 1 is 1.08 bits per heavy atom. The summed E-state index contributed by atoms with van der Waals surface area (Å²) in [6.07, 6.45) is 1.75. The zero-order valence-electron chi connectivity index (χ0n) is 20.9. The van der Waals surface area contributed by atoms with Crippen molar-refractivity contribution in [2.75, 3.05) is 33.5 Å². The third-order valence-corrected chi connectivity index (χ3v) is 6.58. The van der Waals surface area contributed by atoms with Gasteiger partial charge in [0.05, 0.1) is 41.0 Å². The van der Waals surface area contributed by atoms with Crippen LogP contribution in [0.5, 0.6) is 11.5 Å². The highest BCUT2D eigenvalue weighted by Gasteiger charge is 2.32. The second-order valence-electron chi connectivity index (χ2n) is 7.45. The zero-order valence-corrected chi connectivity index (χ0v) is 23.3. The van der Waals surface area contributed by atoms with Gasteiger partial charge in [-0.25, -0.2) is 14.6 Å². The molecule has 2 aromatic carbocycles. The molecule has 0 spiro atoms. The average molecular weight is 591 g/mol. The summed E-state index contributed by atoms with van der Waals surface area (Å²) < 4.78 is 21.6. The fourth-order valence-corrected chi connectivity index (χ4v) is 4.97. The smallest absolute Gasteiger partial charge is 0.344 e. The number of likely N-dealkylation sites (N-methyl/N-ethyl adjacent to an activating group) is 1. The highest BCUT2D eigenvalue weighted by Crippen LogP contribution is 2.39. The van der Waals surface area contributed by atoms with Crippen molar-refractivity contribution in [2.45, 2.75) is 20.8 Å². The van der Waals surface area contributed by atoms with Crippen LogP contribution in [0.4, 0.5) is 5.69 Å². The van der Waals surface area contributed by atoms with Crippen molar-refractivity contribution in [3.05, 3.63) is 56.9 Å². The van der Waals surface area contributed by atoms with E-state index >= 15 is 0 Å². The molecule has 2 aromatic rings. The minimum Gasteiger partial charge on any atom is -0.490 e. The van der Waals surface area contributed by atoms with Gasteiger partial charge in [-0.1, -0.05) is 0 Å². The molecule has 0 aliphatic carbocycles. The van der Waals surface area contributed by atoms with Crippen LogP contribution in [0.2, 0.25) is 0 Å². The first-order valence-corrected chi connectivity index (χ1v) is 13.1. The van der Waals surface area contributed by atoms with Crippen LogP contribution in [0.25, 0.3) is 6.08 Å². The summed E-state index contributed by atoms with van der Waals surface area (Å²) in [5.41, 5.74) is 1.72. The Bertz CT molecular complexity index is 1230. The van der Waals surface area contributed by atoms with Gasteiger partial charge >= 0.3 is 11.9 Å². The van der Waals surface area contributed by atoms with E-state index in [2.05, 4.69) is 20.9 Å². The summed E-state index contributed by atoms with van der Waals surface area (Å²) in [6.45, 7) is 6.26. The summed E-state index contributed by atoms with van der Waals surface area (Å²) in [7, 11) is 1.32. The van der Waals surface area contributed by atoms with Crippen molar-refractivity contribution in [1.29, 1.82) is 0 Å². The standard InChI is InChI=1S/C26H27BrN2O7S/c1-5-29-24(31)21(37-26(29)28-18-10-8-17(9-11-18)25(32)33-4)14-16-12-19(27)23(20(13-16)34-6-2)36-15-22(30)35-7-3/h8-14H,5-7,15H2,1-4H3. The number of carbonyl (C=O) groups is 3. The lowest BCUT2D eigenvalue weighted by Gasteiger charge is -2.14. The van der Waals surface area contributed by atoms with Crippen molar-refractivity contribution in [2.24, 2.45) is 4.99 Å². The van der Waals surface area contributed by atoms with E-state index in [1.165, 1.54) is 18.9 Å². The van der Waals surface area contributed by atoms with E-state index in [1.54, 1.807) is 54.3 Å². The molecule has 196 valence electrons. The van der Waals surface area contributed by atoms with Crippen LogP contribution in [-0.2, 0) is 19.1 Å². The number of halogens is 1. The van der Waals surface area contributed by atoms with Gasteiger partial charge < -0.3 is 18.9 Å². The first kappa shape index (κ1) is 28.3. The van der Waals surface area contributed by atoms with Crippen LogP contribution < -0.4 is 9.47 Å². The molecule has 1 saturated heterocycles. The highest BCUT2D eigenvalue weighted by molar-refractivity contribution is 9.10. The van der Waals surface area contributed by atoms with Crippen molar-refractivity contribution in [3.8, 4) is 11.5 Å². The molecule has 1 aliphatic rings. The molecule has 1 aliphatic heterocycles. The fourth-order valence-electron chi connectivity index (χ4n) is 3.33. The van der Waals surface area contributed by atoms with E-state index in [4.69, 9.17) is 18.9 Å². The number of hydrogen-bond donors (Lipinski definition) is 0. The number of benzene rings is 2. The molecule has 9 nitrogen and oxygen atoms in total. The number of ether oxygens (including phenoxy) is 4. The van der Waals surface area contributed by atoms with Crippen LogP contribution in [0, 0.1) is 0 Å². The summed E-state index contributed by atoms with van der Waals surface area (Å²) in [6, 6.07) is 10.2. The van der Waals surface area contributed by atoms with Gasteiger partial charge in [0.25, 0.3) is 5.91 Å². The predicted molar refractivity (Wildman–Crippen MR) is 145 cm³/mol. The van der Waals surface area contributed by atoms with Gasteiger partial charge in [-0.2, -0.15) is 0 Å². The monoisotopic (exact) mass is 590 g/mol. The molecule has 0 radical (unpaired) electrons. The zero-order chi connectivity index (χ0) is 26.9.